The standard InChI is InChI=1S/C23H18N4O2S/c1-14-7-6-10-17(11-14)20-25-21(29-26-20)19-15(2)18-22(30-19)24-13-27(23(18)28)12-16-8-4-3-5-9-16/h3-11,13H,12H2,1-2H3. The van der Waals surface area contributed by atoms with E-state index in [1.54, 1.807) is 10.9 Å². The van der Waals surface area contributed by atoms with Gasteiger partial charge in [0.25, 0.3) is 11.4 Å². The molecular formula is C23H18N4O2S. The third-order valence-corrected chi connectivity index (χ3v) is 6.20. The van der Waals surface area contributed by atoms with Gasteiger partial charge in [-0.3, -0.25) is 9.36 Å². The highest BCUT2D eigenvalue weighted by Gasteiger charge is 2.20. The van der Waals surface area contributed by atoms with E-state index in [1.165, 1.54) is 11.3 Å². The first kappa shape index (κ1) is 18.4. The van der Waals surface area contributed by atoms with Crippen molar-refractivity contribution in [2.45, 2.75) is 20.4 Å². The Morgan fingerprint density at radius 3 is 2.70 bits per heavy atom. The predicted octanol–water partition coefficient (Wildman–Crippen LogP) is 4.84. The maximum Gasteiger partial charge on any atom is 0.268 e. The van der Waals surface area contributed by atoms with Crippen LogP contribution in [0.4, 0.5) is 0 Å². The van der Waals surface area contributed by atoms with Gasteiger partial charge in [-0.15, -0.1) is 11.3 Å². The zero-order valence-corrected chi connectivity index (χ0v) is 17.3. The molecule has 5 rings (SSSR count). The fourth-order valence-electron chi connectivity index (χ4n) is 3.47. The molecule has 148 valence electrons. The van der Waals surface area contributed by atoms with Crippen LogP contribution in [-0.4, -0.2) is 19.7 Å². The predicted molar refractivity (Wildman–Crippen MR) is 118 cm³/mol. The molecule has 0 atom stereocenters. The number of aryl methyl sites for hydroxylation is 2. The SMILES string of the molecule is Cc1cccc(-c2noc(-c3sc4ncn(Cc5ccccc5)c(=O)c4c3C)n2)c1. The average molecular weight is 414 g/mol. The minimum Gasteiger partial charge on any atom is -0.333 e. The number of hydrogen-bond donors (Lipinski definition) is 0. The van der Waals surface area contributed by atoms with Gasteiger partial charge in [0.1, 0.15) is 4.83 Å². The summed E-state index contributed by atoms with van der Waals surface area (Å²) in [4.78, 5) is 23.7. The van der Waals surface area contributed by atoms with Crippen LogP contribution in [0.2, 0.25) is 0 Å². The molecule has 3 heterocycles. The lowest BCUT2D eigenvalue weighted by atomic mass is 10.1. The molecule has 0 fully saturated rings. The summed E-state index contributed by atoms with van der Waals surface area (Å²) in [5.74, 6) is 0.931. The summed E-state index contributed by atoms with van der Waals surface area (Å²) >= 11 is 1.40. The van der Waals surface area contributed by atoms with Gasteiger partial charge in [0.15, 0.2) is 0 Å². The molecule has 0 aliphatic heterocycles. The second kappa shape index (κ2) is 7.35. The lowest BCUT2D eigenvalue weighted by Crippen LogP contribution is -2.21. The normalized spacial score (nSPS) is 11.3. The van der Waals surface area contributed by atoms with E-state index >= 15 is 0 Å². The van der Waals surface area contributed by atoms with Gasteiger partial charge < -0.3 is 4.52 Å². The maximum atomic E-state index is 13.1. The van der Waals surface area contributed by atoms with Crippen molar-refractivity contribution < 1.29 is 4.52 Å². The van der Waals surface area contributed by atoms with Crippen LogP contribution in [0.1, 0.15) is 16.7 Å². The molecule has 0 aliphatic rings. The van der Waals surface area contributed by atoms with Gasteiger partial charge >= 0.3 is 0 Å². The van der Waals surface area contributed by atoms with Crippen molar-refractivity contribution >= 4 is 21.6 Å². The monoisotopic (exact) mass is 414 g/mol. The topological polar surface area (TPSA) is 73.8 Å². The Kier molecular flexibility index (Phi) is 4.52. The smallest absolute Gasteiger partial charge is 0.268 e. The second-order valence-electron chi connectivity index (χ2n) is 7.19. The van der Waals surface area contributed by atoms with E-state index < -0.39 is 0 Å². The number of rotatable bonds is 4. The Labute approximate surface area is 176 Å². The molecular weight excluding hydrogens is 396 g/mol. The third-order valence-electron chi connectivity index (χ3n) is 5.01. The number of nitrogens with zero attached hydrogens (tertiary/aromatic N) is 4. The summed E-state index contributed by atoms with van der Waals surface area (Å²) in [7, 11) is 0. The van der Waals surface area contributed by atoms with Crippen LogP contribution in [0, 0.1) is 13.8 Å². The van der Waals surface area contributed by atoms with Gasteiger partial charge in [0, 0.05) is 5.56 Å². The molecule has 3 aromatic heterocycles. The number of fused-ring (bicyclic) bond motifs is 1. The van der Waals surface area contributed by atoms with E-state index in [9.17, 15) is 4.79 Å². The number of hydrogen-bond acceptors (Lipinski definition) is 6. The van der Waals surface area contributed by atoms with Crippen LogP contribution in [0.3, 0.4) is 0 Å². The highest BCUT2D eigenvalue weighted by Crippen LogP contribution is 2.35. The fraction of sp³-hybridized carbons (Fsp3) is 0.130. The largest absolute Gasteiger partial charge is 0.333 e. The van der Waals surface area contributed by atoms with Crippen molar-refractivity contribution in [1.82, 2.24) is 19.7 Å². The van der Waals surface area contributed by atoms with E-state index in [1.807, 2.05) is 68.4 Å². The molecule has 0 saturated heterocycles. The molecule has 5 aromatic rings. The molecule has 0 radical (unpaired) electrons. The van der Waals surface area contributed by atoms with Gasteiger partial charge in [-0.05, 0) is 31.0 Å². The summed E-state index contributed by atoms with van der Waals surface area (Å²) in [6, 6.07) is 17.8. The quantitative estimate of drug-likeness (QED) is 0.421. The lowest BCUT2D eigenvalue weighted by Gasteiger charge is -2.05. The Morgan fingerprint density at radius 2 is 1.90 bits per heavy atom. The molecule has 0 spiro atoms. The average Bonchev–Trinajstić information content (AvgIpc) is 3.36. The summed E-state index contributed by atoms with van der Waals surface area (Å²) in [5, 5.41) is 4.73. The number of aromatic nitrogens is 4. The Morgan fingerprint density at radius 1 is 1.07 bits per heavy atom. The number of benzene rings is 2. The first-order valence-electron chi connectivity index (χ1n) is 9.54. The van der Waals surface area contributed by atoms with Crippen LogP contribution in [0.25, 0.3) is 32.4 Å². The molecule has 30 heavy (non-hydrogen) atoms. The zero-order chi connectivity index (χ0) is 20.7. The van der Waals surface area contributed by atoms with Crippen molar-refractivity contribution in [2.24, 2.45) is 0 Å². The van der Waals surface area contributed by atoms with Crippen LogP contribution >= 0.6 is 11.3 Å². The molecule has 0 bridgehead atoms. The molecule has 0 aliphatic carbocycles. The summed E-state index contributed by atoms with van der Waals surface area (Å²) in [6.07, 6.45) is 1.60. The van der Waals surface area contributed by atoms with Crippen molar-refractivity contribution in [3.63, 3.8) is 0 Å². The van der Waals surface area contributed by atoms with Gasteiger partial charge in [-0.2, -0.15) is 4.98 Å². The van der Waals surface area contributed by atoms with E-state index in [0.29, 0.717) is 28.5 Å². The van der Waals surface area contributed by atoms with Crippen molar-refractivity contribution in [3.05, 3.63) is 88.0 Å². The van der Waals surface area contributed by atoms with E-state index in [-0.39, 0.29) is 5.56 Å². The van der Waals surface area contributed by atoms with Gasteiger partial charge in [0.2, 0.25) is 5.82 Å². The number of thiophene rings is 1. The van der Waals surface area contributed by atoms with Gasteiger partial charge in [0.05, 0.1) is 23.1 Å². The fourth-order valence-corrected chi connectivity index (χ4v) is 4.53. The minimum absolute atomic E-state index is 0.0673. The molecule has 6 nitrogen and oxygen atoms in total. The van der Waals surface area contributed by atoms with E-state index in [4.69, 9.17) is 4.52 Å². The van der Waals surface area contributed by atoms with Crippen molar-refractivity contribution in [1.29, 1.82) is 0 Å². The lowest BCUT2D eigenvalue weighted by molar-refractivity contribution is 0.433. The highest BCUT2D eigenvalue weighted by molar-refractivity contribution is 7.22. The molecule has 2 aromatic carbocycles. The highest BCUT2D eigenvalue weighted by atomic mass is 32.1. The Hall–Kier alpha value is -3.58. The Bertz CT molecular complexity index is 1420. The van der Waals surface area contributed by atoms with Crippen LogP contribution in [-0.2, 0) is 6.54 Å². The Balaban J connectivity index is 1.56. The molecule has 0 unspecified atom stereocenters. The maximum absolute atomic E-state index is 13.1. The van der Waals surface area contributed by atoms with E-state index in [0.717, 1.165) is 27.1 Å². The molecule has 0 saturated carbocycles. The van der Waals surface area contributed by atoms with Gasteiger partial charge in [-0.1, -0.05) is 59.3 Å². The molecule has 0 amide bonds. The minimum atomic E-state index is -0.0673. The van der Waals surface area contributed by atoms with Crippen LogP contribution < -0.4 is 5.56 Å². The first-order chi connectivity index (χ1) is 14.6. The third kappa shape index (κ3) is 3.23. The summed E-state index contributed by atoms with van der Waals surface area (Å²) in [6.45, 7) is 4.40. The first-order valence-corrected chi connectivity index (χ1v) is 10.4. The van der Waals surface area contributed by atoms with E-state index in [2.05, 4.69) is 15.1 Å². The van der Waals surface area contributed by atoms with Crippen LogP contribution in [0.5, 0.6) is 0 Å². The van der Waals surface area contributed by atoms with Crippen LogP contribution in [0.15, 0.2) is 70.2 Å². The molecule has 7 heteroatoms. The second-order valence-corrected chi connectivity index (χ2v) is 8.19. The van der Waals surface area contributed by atoms with Crippen molar-refractivity contribution in [2.75, 3.05) is 0 Å². The summed E-state index contributed by atoms with van der Waals surface area (Å²) in [5.41, 5.74) is 3.82. The zero-order valence-electron chi connectivity index (χ0n) is 16.5. The van der Waals surface area contributed by atoms with Crippen molar-refractivity contribution in [3.8, 4) is 22.2 Å². The molecule has 0 N–H and O–H groups in total. The summed E-state index contributed by atoms with van der Waals surface area (Å²) < 4.78 is 7.17. The van der Waals surface area contributed by atoms with Gasteiger partial charge in [-0.25, -0.2) is 4.98 Å².